The zero-order valence-corrected chi connectivity index (χ0v) is 10.4. The van der Waals surface area contributed by atoms with Crippen molar-refractivity contribution < 1.29 is 9.90 Å². The molecule has 1 N–H and O–H groups in total. The van der Waals surface area contributed by atoms with Crippen LogP contribution < -0.4 is 0 Å². The molecular weight excluding hydrogens is 220 g/mol. The van der Waals surface area contributed by atoms with Crippen LogP contribution in [0.25, 0.3) is 0 Å². The third-order valence-corrected chi connectivity index (χ3v) is 4.55. The number of aromatic carboxylic acids is 1. The zero-order chi connectivity index (χ0) is 11.7. The van der Waals surface area contributed by atoms with Gasteiger partial charge in [-0.2, -0.15) is 0 Å². The Morgan fingerprint density at radius 3 is 2.69 bits per heavy atom. The fourth-order valence-corrected chi connectivity index (χ4v) is 3.12. The highest BCUT2D eigenvalue weighted by Crippen LogP contribution is 2.37. The van der Waals surface area contributed by atoms with Crippen LogP contribution in [0.2, 0.25) is 0 Å². The lowest BCUT2D eigenvalue weighted by Crippen LogP contribution is -2.02. The number of benzene rings is 1. The van der Waals surface area contributed by atoms with E-state index in [9.17, 15) is 4.79 Å². The van der Waals surface area contributed by atoms with Crippen molar-refractivity contribution in [2.75, 3.05) is 5.75 Å². The van der Waals surface area contributed by atoms with Gasteiger partial charge in [0.1, 0.15) is 0 Å². The summed E-state index contributed by atoms with van der Waals surface area (Å²) in [5, 5.41) is 9.06. The number of aryl methyl sites for hydroxylation is 1. The standard InChI is InChI=1S/C13H16O2S/c1-8-3-6-11(13(14)15)9(2)12(8)16-7-10-4-5-10/h3,6,10H,4-5,7H2,1-2H3,(H,14,15). The van der Waals surface area contributed by atoms with Gasteiger partial charge in [-0.15, -0.1) is 11.8 Å². The van der Waals surface area contributed by atoms with Crippen molar-refractivity contribution in [3.05, 3.63) is 28.8 Å². The topological polar surface area (TPSA) is 37.3 Å². The Labute approximate surface area is 100 Å². The summed E-state index contributed by atoms with van der Waals surface area (Å²) in [5.74, 6) is 1.16. The van der Waals surface area contributed by atoms with Gasteiger partial charge in [0, 0.05) is 10.6 Å². The first-order valence-electron chi connectivity index (χ1n) is 5.56. The Morgan fingerprint density at radius 1 is 1.44 bits per heavy atom. The fraction of sp³-hybridized carbons (Fsp3) is 0.462. The van der Waals surface area contributed by atoms with Crippen molar-refractivity contribution in [2.24, 2.45) is 5.92 Å². The van der Waals surface area contributed by atoms with Gasteiger partial charge in [0.15, 0.2) is 0 Å². The Kier molecular flexibility index (Phi) is 3.24. The molecule has 86 valence electrons. The van der Waals surface area contributed by atoms with E-state index in [0.717, 1.165) is 22.1 Å². The number of rotatable bonds is 4. The lowest BCUT2D eigenvalue weighted by Gasteiger charge is -2.11. The van der Waals surface area contributed by atoms with Gasteiger partial charge in [-0.3, -0.25) is 0 Å². The maximum Gasteiger partial charge on any atom is 0.335 e. The monoisotopic (exact) mass is 236 g/mol. The molecule has 0 saturated heterocycles. The van der Waals surface area contributed by atoms with Crippen LogP contribution in [0.3, 0.4) is 0 Å². The minimum atomic E-state index is -0.828. The van der Waals surface area contributed by atoms with Gasteiger partial charge in [-0.05, 0) is 49.8 Å². The zero-order valence-electron chi connectivity index (χ0n) is 9.62. The quantitative estimate of drug-likeness (QED) is 0.813. The Balaban J connectivity index is 2.25. The summed E-state index contributed by atoms with van der Waals surface area (Å²) in [4.78, 5) is 12.2. The van der Waals surface area contributed by atoms with Gasteiger partial charge in [-0.25, -0.2) is 4.79 Å². The molecule has 3 heteroatoms. The molecule has 1 fully saturated rings. The lowest BCUT2D eigenvalue weighted by atomic mass is 10.1. The molecule has 0 spiro atoms. The molecule has 1 aromatic carbocycles. The van der Waals surface area contributed by atoms with Gasteiger partial charge in [0.05, 0.1) is 5.56 Å². The van der Waals surface area contributed by atoms with E-state index in [1.807, 2.05) is 31.7 Å². The van der Waals surface area contributed by atoms with E-state index in [0.29, 0.717) is 5.56 Å². The maximum atomic E-state index is 11.0. The number of hydrogen-bond donors (Lipinski definition) is 1. The molecule has 1 aliphatic carbocycles. The largest absolute Gasteiger partial charge is 0.478 e. The second-order valence-corrected chi connectivity index (χ2v) is 5.47. The van der Waals surface area contributed by atoms with Gasteiger partial charge >= 0.3 is 5.97 Å². The lowest BCUT2D eigenvalue weighted by molar-refractivity contribution is 0.0696. The summed E-state index contributed by atoms with van der Waals surface area (Å²) >= 11 is 1.81. The highest BCUT2D eigenvalue weighted by Gasteiger charge is 2.22. The molecule has 0 aliphatic heterocycles. The second-order valence-electron chi connectivity index (χ2n) is 4.44. The summed E-state index contributed by atoms with van der Waals surface area (Å²) < 4.78 is 0. The van der Waals surface area contributed by atoms with Crippen LogP contribution in [0.5, 0.6) is 0 Å². The minimum absolute atomic E-state index is 0.434. The van der Waals surface area contributed by atoms with Crippen molar-refractivity contribution in [3.63, 3.8) is 0 Å². The molecule has 0 amide bonds. The van der Waals surface area contributed by atoms with E-state index in [1.54, 1.807) is 6.07 Å². The molecule has 0 bridgehead atoms. The molecule has 1 aliphatic rings. The number of thioether (sulfide) groups is 1. The van der Waals surface area contributed by atoms with Crippen LogP contribution in [-0.4, -0.2) is 16.8 Å². The van der Waals surface area contributed by atoms with E-state index in [4.69, 9.17) is 5.11 Å². The summed E-state index contributed by atoms with van der Waals surface area (Å²) in [6, 6.07) is 3.61. The normalized spacial score (nSPS) is 15.1. The van der Waals surface area contributed by atoms with Crippen LogP contribution in [0, 0.1) is 19.8 Å². The van der Waals surface area contributed by atoms with Crippen LogP contribution in [0.15, 0.2) is 17.0 Å². The molecule has 1 aromatic rings. The molecule has 2 nitrogen and oxygen atoms in total. The molecular formula is C13H16O2S. The molecule has 0 unspecified atom stereocenters. The first-order chi connectivity index (χ1) is 7.59. The van der Waals surface area contributed by atoms with E-state index in [1.165, 1.54) is 18.4 Å². The molecule has 0 atom stereocenters. The van der Waals surface area contributed by atoms with Gasteiger partial charge in [-0.1, -0.05) is 6.07 Å². The number of carboxylic acids is 1. The number of hydrogen-bond acceptors (Lipinski definition) is 2. The van der Waals surface area contributed by atoms with E-state index in [2.05, 4.69) is 0 Å². The fourth-order valence-electron chi connectivity index (χ4n) is 1.77. The molecule has 0 radical (unpaired) electrons. The molecule has 0 aromatic heterocycles. The molecule has 0 heterocycles. The molecule has 16 heavy (non-hydrogen) atoms. The average molecular weight is 236 g/mol. The van der Waals surface area contributed by atoms with Crippen LogP contribution in [0.4, 0.5) is 0 Å². The molecule has 1 saturated carbocycles. The summed E-state index contributed by atoms with van der Waals surface area (Å²) in [5.41, 5.74) is 2.54. The summed E-state index contributed by atoms with van der Waals surface area (Å²) in [6.45, 7) is 3.96. The predicted octanol–water partition coefficient (Wildman–Crippen LogP) is 3.50. The smallest absolute Gasteiger partial charge is 0.335 e. The van der Waals surface area contributed by atoms with Crippen molar-refractivity contribution in [1.29, 1.82) is 0 Å². The van der Waals surface area contributed by atoms with Crippen LogP contribution in [0.1, 0.15) is 34.3 Å². The molecule has 2 rings (SSSR count). The van der Waals surface area contributed by atoms with Gasteiger partial charge < -0.3 is 5.11 Å². The van der Waals surface area contributed by atoms with Crippen molar-refractivity contribution in [3.8, 4) is 0 Å². The minimum Gasteiger partial charge on any atom is -0.478 e. The van der Waals surface area contributed by atoms with E-state index < -0.39 is 5.97 Å². The average Bonchev–Trinajstić information content (AvgIpc) is 3.00. The van der Waals surface area contributed by atoms with Crippen molar-refractivity contribution >= 4 is 17.7 Å². The van der Waals surface area contributed by atoms with Gasteiger partial charge in [0.2, 0.25) is 0 Å². The SMILES string of the molecule is Cc1ccc(C(=O)O)c(C)c1SCC1CC1. The first-order valence-corrected chi connectivity index (χ1v) is 6.54. The highest BCUT2D eigenvalue weighted by molar-refractivity contribution is 7.99. The van der Waals surface area contributed by atoms with Crippen LogP contribution in [-0.2, 0) is 0 Å². The summed E-state index contributed by atoms with van der Waals surface area (Å²) in [6.07, 6.45) is 2.67. The Bertz CT molecular complexity index is 422. The third kappa shape index (κ3) is 2.40. The van der Waals surface area contributed by atoms with Crippen molar-refractivity contribution in [1.82, 2.24) is 0 Å². The summed E-state index contributed by atoms with van der Waals surface area (Å²) in [7, 11) is 0. The Morgan fingerprint density at radius 2 is 2.12 bits per heavy atom. The van der Waals surface area contributed by atoms with E-state index in [-0.39, 0.29) is 0 Å². The second kappa shape index (κ2) is 4.50. The van der Waals surface area contributed by atoms with E-state index >= 15 is 0 Å². The maximum absolute atomic E-state index is 11.0. The van der Waals surface area contributed by atoms with Crippen molar-refractivity contribution in [2.45, 2.75) is 31.6 Å². The predicted molar refractivity (Wildman–Crippen MR) is 66.3 cm³/mol. The number of carbonyl (C=O) groups is 1. The Hall–Kier alpha value is -0.960. The third-order valence-electron chi connectivity index (χ3n) is 2.99. The number of carboxylic acid groups (broad SMARTS) is 1. The van der Waals surface area contributed by atoms with Crippen LogP contribution >= 0.6 is 11.8 Å². The first kappa shape index (κ1) is 11.5. The highest BCUT2D eigenvalue weighted by atomic mass is 32.2. The van der Waals surface area contributed by atoms with Gasteiger partial charge in [0.25, 0.3) is 0 Å².